The molecule has 0 aromatic rings. The summed E-state index contributed by atoms with van der Waals surface area (Å²) in [6.07, 6.45) is 12.0. The first-order valence-corrected chi connectivity index (χ1v) is 14.7. The average Bonchev–Trinajstić information content (AvgIpc) is 3.55. The van der Waals surface area contributed by atoms with Gasteiger partial charge in [0.15, 0.2) is 15.6 Å². The van der Waals surface area contributed by atoms with Gasteiger partial charge in [0.05, 0.1) is 18.8 Å². The molecule has 32 heavy (non-hydrogen) atoms. The lowest BCUT2D eigenvalue weighted by molar-refractivity contribution is -0.185. The maximum atomic E-state index is 7.09. The molecule has 2 aliphatic heterocycles. The Morgan fingerprint density at radius 3 is 2.69 bits per heavy atom. The van der Waals surface area contributed by atoms with Crippen LogP contribution < -0.4 is 0 Å². The molecule has 0 radical (unpaired) electrons. The third-order valence-electron chi connectivity index (χ3n) is 11.9. The molecule has 0 N–H and O–H groups in total. The fraction of sp³-hybridized carbons (Fsp3) is 0.926. The third kappa shape index (κ3) is 2.38. The number of allylic oxidation sites excluding steroid dienone is 1. The van der Waals surface area contributed by atoms with E-state index in [0.29, 0.717) is 22.3 Å². The van der Waals surface area contributed by atoms with E-state index in [0.717, 1.165) is 44.3 Å². The summed E-state index contributed by atoms with van der Waals surface area (Å²) >= 11 is 0. The van der Waals surface area contributed by atoms with Crippen molar-refractivity contribution in [2.75, 3.05) is 13.2 Å². The molecule has 5 aliphatic carbocycles. The quantitative estimate of drug-likeness (QED) is 0.341. The van der Waals surface area contributed by atoms with Crippen LogP contribution in [0.2, 0.25) is 5.04 Å². The fourth-order valence-electron chi connectivity index (χ4n) is 9.02. The van der Waals surface area contributed by atoms with Crippen LogP contribution in [0.1, 0.15) is 86.0 Å². The Bertz CT molecular complexity index is 877. The summed E-state index contributed by atoms with van der Waals surface area (Å²) in [6, 6.07) is 0. The summed E-state index contributed by atoms with van der Waals surface area (Å²) in [6.45, 7) is 13.7. The van der Waals surface area contributed by atoms with Crippen LogP contribution in [0.3, 0.4) is 0 Å². The number of epoxide rings is 1. The first-order valence-electron chi connectivity index (χ1n) is 13.4. The van der Waals surface area contributed by atoms with Gasteiger partial charge in [0.25, 0.3) is 0 Å². The summed E-state index contributed by atoms with van der Waals surface area (Å²) in [5, 5.41) is 0.375. The molecule has 1 unspecified atom stereocenters. The van der Waals surface area contributed by atoms with Gasteiger partial charge in [0, 0.05) is 18.3 Å². The summed E-state index contributed by atoms with van der Waals surface area (Å²) in [4.78, 5) is 0. The molecule has 7 atom stereocenters. The maximum Gasteiger partial charge on any atom is 0.171 e. The minimum atomic E-state index is -0.572. The molecule has 7 aliphatic rings. The second-order valence-corrected chi connectivity index (χ2v) is 16.1. The van der Waals surface area contributed by atoms with Crippen molar-refractivity contribution in [2.45, 2.75) is 114 Å². The Morgan fingerprint density at radius 2 is 1.94 bits per heavy atom. The van der Waals surface area contributed by atoms with Crippen LogP contribution in [-0.4, -0.2) is 45.6 Å². The van der Waals surface area contributed by atoms with Gasteiger partial charge in [-0.3, -0.25) is 0 Å². The maximum absolute atomic E-state index is 7.09. The normalized spacial score (nSPS) is 52.4. The molecule has 1 spiro atoms. The topological polar surface area (TPSA) is 40.2 Å². The van der Waals surface area contributed by atoms with Crippen molar-refractivity contribution in [3.05, 3.63) is 11.6 Å². The van der Waals surface area contributed by atoms with E-state index in [-0.39, 0.29) is 22.6 Å². The molecule has 4 nitrogen and oxygen atoms in total. The van der Waals surface area contributed by atoms with Gasteiger partial charge in [-0.15, -0.1) is 0 Å². The monoisotopic (exact) mass is 458 g/mol. The molecule has 4 saturated carbocycles. The number of rotatable bonds is 4. The summed E-state index contributed by atoms with van der Waals surface area (Å²) < 4.78 is 26.1. The van der Waals surface area contributed by atoms with Crippen molar-refractivity contribution < 1.29 is 18.6 Å². The molecule has 2 saturated heterocycles. The lowest BCUT2D eigenvalue weighted by Crippen LogP contribution is -2.53. The van der Waals surface area contributed by atoms with Gasteiger partial charge in [-0.05, 0) is 72.8 Å². The SMILES string of the molecule is CC(C)C(C)(C)[SiH2]OC12C[C@@H]1C[C@H]1[C@@H]3CC[C@@]45CC6(CC[C@@]4(O5)C3=CC[C@@]12C)OCCO6. The minimum absolute atomic E-state index is 0.00439. The van der Waals surface area contributed by atoms with Gasteiger partial charge in [-0.1, -0.05) is 40.7 Å². The number of hydrogen-bond acceptors (Lipinski definition) is 4. The van der Waals surface area contributed by atoms with E-state index in [1.54, 1.807) is 5.57 Å². The summed E-state index contributed by atoms with van der Waals surface area (Å²) in [5.41, 5.74) is 2.19. The van der Waals surface area contributed by atoms with Crippen molar-refractivity contribution in [2.24, 2.45) is 29.1 Å². The number of fused-ring (bicyclic) bond motifs is 5. The lowest BCUT2D eigenvalue weighted by atomic mass is 9.53. The van der Waals surface area contributed by atoms with Crippen molar-refractivity contribution in [3.63, 3.8) is 0 Å². The highest BCUT2D eigenvalue weighted by atomic mass is 28.2. The Morgan fingerprint density at radius 1 is 1.16 bits per heavy atom. The molecule has 5 heteroatoms. The molecule has 2 heterocycles. The van der Waals surface area contributed by atoms with Crippen LogP contribution in [0.25, 0.3) is 0 Å². The van der Waals surface area contributed by atoms with E-state index in [1.165, 1.54) is 32.1 Å². The standard InChI is InChI=1S/C27H42O4Si/c1-17(2)22(3,4)32-31-27-15-18(27)14-21-19-6-9-24-16-25(28-12-13-29-25)10-11-26(24,30-24)20(19)7-8-23(21,27)5/h7,17-19,21H,6,8-16,32H2,1-5H3/t18-,19+,21-,23-,24+,26+,27?/m0/s1. The van der Waals surface area contributed by atoms with Crippen LogP contribution in [0.4, 0.5) is 0 Å². The predicted molar refractivity (Wildman–Crippen MR) is 126 cm³/mol. The zero-order valence-electron chi connectivity index (χ0n) is 20.8. The molecule has 6 fully saturated rings. The Hall–Kier alpha value is -0.203. The highest BCUT2D eigenvalue weighted by molar-refractivity contribution is 6.32. The second kappa shape index (κ2) is 6.13. The van der Waals surface area contributed by atoms with Crippen molar-refractivity contribution >= 4 is 9.76 Å². The van der Waals surface area contributed by atoms with Crippen molar-refractivity contribution in [1.29, 1.82) is 0 Å². The average molecular weight is 459 g/mol. The smallest absolute Gasteiger partial charge is 0.171 e. The highest BCUT2D eigenvalue weighted by Gasteiger charge is 2.81. The predicted octanol–water partition coefficient (Wildman–Crippen LogP) is 4.90. The van der Waals surface area contributed by atoms with E-state index in [4.69, 9.17) is 18.6 Å². The Kier molecular flexibility index (Phi) is 4.04. The van der Waals surface area contributed by atoms with E-state index in [9.17, 15) is 0 Å². The molecule has 0 amide bonds. The largest absolute Gasteiger partial charge is 0.417 e. The zero-order chi connectivity index (χ0) is 22.2. The third-order valence-corrected chi connectivity index (χ3v) is 14.1. The molecule has 7 rings (SSSR count). The molecular weight excluding hydrogens is 416 g/mol. The van der Waals surface area contributed by atoms with E-state index >= 15 is 0 Å². The first kappa shape index (κ1) is 21.1. The van der Waals surface area contributed by atoms with Gasteiger partial charge >= 0.3 is 0 Å². The molecule has 0 bridgehead atoms. The van der Waals surface area contributed by atoms with E-state index in [2.05, 4.69) is 40.7 Å². The molecule has 0 aromatic heterocycles. The van der Waals surface area contributed by atoms with E-state index in [1.807, 2.05) is 0 Å². The lowest BCUT2D eigenvalue weighted by Gasteiger charge is -2.52. The van der Waals surface area contributed by atoms with Crippen LogP contribution in [0.15, 0.2) is 11.6 Å². The van der Waals surface area contributed by atoms with Gasteiger partial charge in [-0.2, -0.15) is 0 Å². The molecule has 178 valence electrons. The molecular formula is C27H42O4Si. The van der Waals surface area contributed by atoms with Crippen molar-refractivity contribution in [3.8, 4) is 0 Å². The number of ether oxygens (including phenoxy) is 3. The molecule has 0 aromatic carbocycles. The summed E-state index contributed by atoms with van der Waals surface area (Å²) in [7, 11) is -0.572. The zero-order valence-corrected chi connectivity index (χ0v) is 22.2. The first-order chi connectivity index (χ1) is 15.1. The Balaban J connectivity index is 1.15. The second-order valence-electron chi connectivity index (χ2n) is 13.7. The van der Waals surface area contributed by atoms with Crippen LogP contribution in [-0.2, 0) is 18.6 Å². The fourth-order valence-corrected chi connectivity index (χ4v) is 10.7. The van der Waals surface area contributed by atoms with Gasteiger partial charge in [0.1, 0.15) is 11.2 Å². The number of hydrogen-bond donors (Lipinski definition) is 0. The van der Waals surface area contributed by atoms with Crippen LogP contribution in [0, 0.1) is 29.1 Å². The van der Waals surface area contributed by atoms with Crippen LogP contribution >= 0.6 is 0 Å². The van der Waals surface area contributed by atoms with Gasteiger partial charge < -0.3 is 18.6 Å². The van der Waals surface area contributed by atoms with Gasteiger partial charge in [0.2, 0.25) is 0 Å². The van der Waals surface area contributed by atoms with Gasteiger partial charge in [-0.25, -0.2) is 0 Å². The van der Waals surface area contributed by atoms with Crippen molar-refractivity contribution in [1.82, 2.24) is 0 Å². The Labute approximate surface area is 196 Å². The summed E-state index contributed by atoms with van der Waals surface area (Å²) in [5.74, 6) is 2.64. The van der Waals surface area contributed by atoms with E-state index < -0.39 is 9.76 Å². The highest BCUT2D eigenvalue weighted by Crippen LogP contribution is 2.79. The minimum Gasteiger partial charge on any atom is -0.417 e. The van der Waals surface area contributed by atoms with Crippen LogP contribution in [0.5, 0.6) is 0 Å².